The molecule has 2 N–H and O–H groups in total. The minimum Gasteiger partial charge on any atom is -0.493 e. The molecular weight excluding hydrogens is 345 g/mol. The molecule has 0 aliphatic rings. The Labute approximate surface area is 148 Å². The molecule has 1 aromatic carbocycles. The summed E-state index contributed by atoms with van der Waals surface area (Å²) in [4.78, 5) is 43.1. The van der Waals surface area contributed by atoms with Crippen molar-refractivity contribution in [3.05, 3.63) is 34.8 Å². The summed E-state index contributed by atoms with van der Waals surface area (Å²) in [6.45, 7) is 2.45. The molecule has 0 atom stereocenters. The Bertz CT molecular complexity index is 927. The minimum absolute atomic E-state index is 0.0373. The van der Waals surface area contributed by atoms with E-state index in [4.69, 9.17) is 10.5 Å². The Kier molecular flexibility index (Phi) is 5.30. The standard InChI is InChI=1S/C17H16FN3O5/c1-7(22)9-5-6-10(12(18)14(9)25-3)16-20-13(17(24)26-4)11(8(2)23)15(19)21-16/h5-6H,1-4H3,(H2,19,20,21). The number of hydrogen-bond donors (Lipinski definition) is 1. The lowest BCUT2D eigenvalue weighted by molar-refractivity contribution is 0.0590. The fourth-order valence-corrected chi connectivity index (χ4v) is 2.40. The molecule has 0 bridgehead atoms. The second kappa shape index (κ2) is 7.26. The third-order valence-electron chi connectivity index (χ3n) is 3.59. The van der Waals surface area contributed by atoms with Gasteiger partial charge in [0.25, 0.3) is 0 Å². The zero-order valence-corrected chi connectivity index (χ0v) is 14.5. The molecule has 0 spiro atoms. The van der Waals surface area contributed by atoms with Crippen LogP contribution in [0.5, 0.6) is 5.75 Å². The molecule has 26 heavy (non-hydrogen) atoms. The lowest BCUT2D eigenvalue weighted by Gasteiger charge is -2.13. The van der Waals surface area contributed by atoms with Gasteiger partial charge in [0.2, 0.25) is 0 Å². The molecule has 2 rings (SSSR count). The molecule has 0 fully saturated rings. The number of carbonyl (C=O) groups is 3. The number of benzene rings is 1. The topological polar surface area (TPSA) is 121 Å². The van der Waals surface area contributed by atoms with E-state index in [1.807, 2.05) is 0 Å². The van der Waals surface area contributed by atoms with E-state index in [0.717, 1.165) is 7.11 Å². The van der Waals surface area contributed by atoms with E-state index in [0.29, 0.717) is 0 Å². The van der Waals surface area contributed by atoms with Crippen LogP contribution in [0, 0.1) is 5.82 Å². The van der Waals surface area contributed by atoms with Gasteiger partial charge in [-0.3, -0.25) is 9.59 Å². The number of anilines is 1. The highest BCUT2D eigenvalue weighted by molar-refractivity contribution is 6.07. The number of methoxy groups -OCH3 is 2. The number of rotatable bonds is 5. The van der Waals surface area contributed by atoms with Crippen LogP contribution in [0.3, 0.4) is 0 Å². The Morgan fingerprint density at radius 2 is 1.73 bits per heavy atom. The van der Waals surface area contributed by atoms with Gasteiger partial charge < -0.3 is 15.2 Å². The van der Waals surface area contributed by atoms with Gasteiger partial charge in [-0.1, -0.05) is 0 Å². The van der Waals surface area contributed by atoms with Gasteiger partial charge in [0, 0.05) is 0 Å². The fourth-order valence-electron chi connectivity index (χ4n) is 2.40. The summed E-state index contributed by atoms with van der Waals surface area (Å²) in [5.41, 5.74) is 5.05. The summed E-state index contributed by atoms with van der Waals surface area (Å²) in [5, 5.41) is 0. The molecule has 0 aliphatic carbocycles. The summed E-state index contributed by atoms with van der Waals surface area (Å²) in [6.07, 6.45) is 0. The zero-order valence-electron chi connectivity index (χ0n) is 14.5. The average molecular weight is 361 g/mol. The maximum absolute atomic E-state index is 14.8. The van der Waals surface area contributed by atoms with E-state index in [9.17, 15) is 18.8 Å². The first-order chi connectivity index (χ1) is 12.2. The molecule has 0 unspecified atom stereocenters. The van der Waals surface area contributed by atoms with Gasteiger partial charge in [0.15, 0.2) is 34.7 Å². The van der Waals surface area contributed by atoms with Crippen molar-refractivity contribution in [1.82, 2.24) is 9.97 Å². The number of esters is 1. The van der Waals surface area contributed by atoms with Crippen molar-refractivity contribution in [3.8, 4) is 17.1 Å². The molecule has 9 heteroatoms. The molecular formula is C17H16FN3O5. The summed E-state index contributed by atoms with van der Waals surface area (Å²) < 4.78 is 24.4. The second-order valence-electron chi connectivity index (χ2n) is 5.27. The number of Topliss-reactive ketones (excluding diaryl/α,β-unsaturated/α-hetero) is 2. The van der Waals surface area contributed by atoms with Crippen molar-refractivity contribution in [3.63, 3.8) is 0 Å². The normalized spacial score (nSPS) is 10.3. The zero-order chi connectivity index (χ0) is 19.6. The molecule has 136 valence electrons. The van der Waals surface area contributed by atoms with Gasteiger partial charge in [0.1, 0.15) is 5.82 Å². The van der Waals surface area contributed by atoms with Crippen LogP contribution >= 0.6 is 0 Å². The number of nitrogens with two attached hydrogens (primary N) is 1. The predicted molar refractivity (Wildman–Crippen MR) is 89.7 cm³/mol. The Morgan fingerprint density at radius 1 is 1.08 bits per heavy atom. The molecule has 1 heterocycles. The van der Waals surface area contributed by atoms with Crippen molar-refractivity contribution in [2.24, 2.45) is 0 Å². The molecule has 8 nitrogen and oxygen atoms in total. The van der Waals surface area contributed by atoms with E-state index in [-0.39, 0.29) is 39.8 Å². The van der Waals surface area contributed by atoms with Crippen molar-refractivity contribution < 1.29 is 28.2 Å². The Morgan fingerprint density at radius 3 is 2.23 bits per heavy atom. The van der Waals surface area contributed by atoms with Gasteiger partial charge in [-0.15, -0.1) is 0 Å². The fraction of sp³-hybridized carbons (Fsp3) is 0.235. The highest BCUT2D eigenvalue weighted by Gasteiger charge is 2.25. The molecule has 2 aromatic rings. The van der Waals surface area contributed by atoms with E-state index in [1.54, 1.807) is 0 Å². The van der Waals surface area contributed by atoms with E-state index in [1.165, 1.54) is 33.1 Å². The van der Waals surface area contributed by atoms with Crippen LogP contribution in [0.15, 0.2) is 12.1 Å². The van der Waals surface area contributed by atoms with Crippen LogP contribution in [0.25, 0.3) is 11.4 Å². The van der Waals surface area contributed by atoms with Crippen molar-refractivity contribution in [2.45, 2.75) is 13.8 Å². The SMILES string of the molecule is COC(=O)c1nc(-c2ccc(C(C)=O)c(OC)c2F)nc(N)c1C(C)=O. The van der Waals surface area contributed by atoms with Crippen LogP contribution < -0.4 is 10.5 Å². The summed E-state index contributed by atoms with van der Waals surface area (Å²) >= 11 is 0. The highest BCUT2D eigenvalue weighted by atomic mass is 19.1. The van der Waals surface area contributed by atoms with Gasteiger partial charge in [0.05, 0.1) is 30.9 Å². The summed E-state index contributed by atoms with van der Waals surface area (Å²) in [5.74, 6) is -3.58. The highest BCUT2D eigenvalue weighted by Crippen LogP contribution is 2.32. The molecule has 0 saturated heterocycles. The van der Waals surface area contributed by atoms with Gasteiger partial charge >= 0.3 is 5.97 Å². The number of halogens is 1. The number of nitrogens with zero attached hydrogens (tertiary/aromatic N) is 2. The number of carbonyl (C=O) groups excluding carboxylic acids is 3. The van der Waals surface area contributed by atoms with Crippen LogP contribution in [-0.4, -0.2) is 41.7 Å². The largest absolute Gasteiger partial charge is 0.493 e. The molecule has 1 aromatic heterocycles. The number of nitrogen functional groups attached to an aromatic ring is 1. The third kappa shape index (κ3) is 3.23. The number of hydrogen-bond acceptors (Lipinski definition) is 8. The van der Waals surface area contributed by atoms with Crippen LogP contribution in [-0.2, 0) is 4.74 Å². The number of ether oxygens (including phenoxy) is 2. The quantitative estimate of drug-likeness (QED) is 0.634. The maximum Gasteiger partial charge on any atom is 0.357 e. The predicted octanol–water partition coefficient (Wildman–Crippen LogP) is 2.07. The Balaban J connectivity index is 2.78. The summed E-state index contributed by atoms with van der Waals surface area (Å²) in [7, 11) is 2.32. The lowest BCUT2D eigenvalue weighted by Crippen LogP contribution is -2.16. The number of aromatic nitrogens is 2. The first-order valence-electron chi connectivity index (χ1n) is 7.37. The van der Waals surface area contributed by atoms with E-state index < -0.39 is 23.4 Å². The van der Waals surface area contributed by atoms with Crippen LogP contribution in [0.2, 0.25) is 0 Å². The van der Waals surface area contributed by atoms with Crippen LogP contribution in [0.4, 0.5) is 10.2 Å². The van der Waals surface area contributed by atoms with E-state index in [2.05, 4.69) is 14.7 Å². The van der Waals surface area contributed by atoms with E-state index >= 15 is 0 Å². The third-order valence-corrected chi connectivity index (χ3v) is 3.59. The molecule has 0 amide bonds. The van der Waals surface area contributed by atoms with Crippen molar-refractivity contribution in [1.29, 1.82) is 0 Å². The van der Waals surface area contributed by atoms with Crippen molar-refractivity contribution in [2.75, 3.05) is 20.0 Å². The van der Waals surface area contributed by atoms with Gasteiger partial charge in [-0.05, 0) is 26.0 Å². The molecule has 0 aliphatic heterocycles. The minimum atomic E-state index is -0.918. The number of ketones is 2. The average Bonchev–Trinajstić information content (AvgIpc) is 2.59. The monoisotopic (exact) mass is 361 g/mol. The Hall–Kier alpha value is -3.36. The van der Waals surface area contributed by atoms with Crippen LogP contribution in [0.1, 0.15) is 45.1 Å². The first-order valence-corrected chi connectivity index (χ1v) is 7.37. The maximum atomic E-state index is 14.8. The first kappa shape index (κ1) is 19.0. The summed E-state index contributed by atoms with van der Waals surface area (Å²) in [6, 6.07) is 2.60. The molecule has 0 saturated carbocycles. The van der Waals surface area contributed by atoms with Gasteiger partial charge in [-0.2, -0.15) is 0 Å². The smallest absolute Gasteiger partial charge is 0.357 e. The second-order valence-corrected chi connectivity index (χ2v) is 5.27. The van der Waals surface area contributed by atoms with Gasteiger partial charge in [-0.25, -0.2) is 19.2 Å². The molecule has 0 radical (unpaired) electrons. The lowest BCUT2D eigenvalue weighted by atomic mass is 10.0. The van der Waals surface area contributed by atoms with Crippen molar-refractivity contribution >= 4 is 23.4 Å².